The van der Waals surface area contributed by atoms with Crippen LogP contribution in [0.25, 0.3) is 0 Å². The Labute approximate surface area is 112 Å². The van der Waals surface area contributed by atoms with Crippen LogP contribution in [0.4, 0.5) is 0 Å². The maximum Gasteiger partial charge on any atom is 0.338 e. The molecule has 0 fully saturated rings. The van der Waals surface area contributed by atoms with Gasteiger partial charge in [-0.2, -0.15) is 0 Å². The van der Waals surface area contributed by atoms with Crippen LogP contribution in [0, 0.1) is 0 Å². The van der Waals surface area contributed by atoms with Gasteiger partial charge in [0.25, 0.3) is 0 Å². The average molecular weight is 259 g/mol. The molecule has 1 aliphatic rings. The Balaban J connectivity index is 2.05. The molecule has 1 unspecified atom stereocenters. The zero-order valence-electron chi connectivity index (χ0n) is 11.1. The van der Waals surface area contributed by atoms with Gasteiger partial charge < -0.3 is 10.1 Å². The van der Waals surface area contributed by atoms with Gasteiger partial charge in [-0.3, -0.25) is 4.79 Å². The summed E-state index contributed by atoms with van der Waals surface area (Å²) < 4.78 is 5.06. The van der Waals surface area contributed by atoms with Gasteiger partial charge in [0.2, 0.25) is 6.23 Å². The first-order chi connectivity index (χ1) is 9.08. The quantitative estimate of drug-likeness (QED) is 0.840. The molecule has 1 aliphatic heterocycles. The van der Waals surface area contributed by atoms with Crippen molar-refractivity contribution in [3.05, 3.63) is 47.2 Å². The summed E-state index contributed by atoms with van der Waals surface area (Å²) in [4.78, 5) is 23.1. The number of ketones is 1. The topological polar surface area (TPSA) is 55.4 Å². The fourth-order valence-electron chi connectivity index (χ4n) is 2.03. The highest BCUT2D eigenvalue weighted by atomic mass is 16.6. The van der Waals surface area contributed by atoms with Crippen LogP contribution < -0.4 is 5.32 Å². The molecule has 0 bridgehead atoms. The molecule has 4 heteroatoms. The number of aryl methyl sites for hydroxylation is 1. The highest BCUT2D eigenvalue weighted by molar-refractivity contribution is 5.93. The number of Topliss-reactive ketones (excluding diaryl/α,β-unsaturated/α-hetero) is 1. The van der Waals surface area contributed by atoms with E-state index in [1.54, 1.807) is 6.92 Å². The second-order valence-corrected chi connectivity index (χ2v) is 4.63. The van der Waals surface area contributed by atoms with Crippen molar-refractivity contribution in [2.75, 3.05) is 0 Å². The van der Waals surface area contributed by atoms with Crippen LogP contribution >= 0.6 is 0 Å². The molecule has 0 amide bonds. The smallest absolute Gasteiger partial charge is 0.338 e. The van der Waals surface area contributed by atoms with Gasteiger partial charge in [0.1, 0.15) is 0 Å². The molecule has 0 radical (unpaired) electrons. The maximum atomic E-state index is 11.9. The third kappa shape index (κ3) is 3.22. The fourth-order valence-corrected chi connectivity index (χ4v) is 2.03. The van der Waals surface area contributed by atoms with Crippen molar-refractivity contribution in [1.82, 2.24) is 5.32 Å². The molecule has 0 aromatic heterocycles. The molecule has 1 aromatic carbocycles. The predicted molar refractivity (Wildman–Crippen MR) is 71.2 cm³/mol. The fraction of sp³-hybridized carbons (Fsp3) is 0.333. The van der Waals surface area contributed by atoms with Crippen molar-refractivity contribution in [2.45, 2.75) is 32.9 Å². The Morgan fingerprint density at radius 2 is 1.95 bits per heavy atom. The molecule has 0 spiro atoms. The number of hydrogen-bond donors (Lipinski definition) is 1. The van der Waals surface area contributed by atoms with E-state index in [9.17, 15) is 9.59 Å². The molecule has 2 rings (SSSR count). The van der Waals surface area contributed by atoms with Crippen LogP contribution in [0.2, 0.25) is 0 Å². The monoisotopic (exact) mass is 259 g/mol. The zero-order valence-corrected chi connectivity index (χ0v) is 11.1. The Morgan fingerprint density at radius 1 is 1.26 bits per heavy atom. The number of hydrogen-bond acceptors (Lipinski definition) is 4. The number of cyclic esters (lactones) is 1. The molecule has 1 N–H and O–H groups in total. The van der Waals surface area contributed by atoms with Gasteiger partial charge in [-0.25, -0.2) is 4.79 Å². The van der Waals surface area contributed by atoms with Crippen LogP contribution in [0.1, 0.15) is 25.8 Å². The SMILES string of the molecule is CC(=O)C1NC(C)=C(CCc2ccccc2)C(=O)O1. The minimum Gasteiger partial charge on any atom is -0.431 e. The van der Waals surface area contributed by atoms with Crippen molar-refractivity contribution in [1.29, 1.82) is 0 Å². The van der Waals surface area contributed by atoms with Gasteiger partial charge in [-0.1, -0.05) is 30.3 Å². The van der Waals surface area contributed by atoms with Crippen LogP contribution in [-0.2, 0) is 20.7 Å². The molecular weight excluding hydrogens is 242 g/mol. The number of rotatable bonds is 4. The van der Waals surface area contributed by atoms with Crippen molar-refractivity contribution in [3.63, 3.8) is 0 Å². The van der Waals surface area contributed by atoms with Crippen LogP contribution in [-0.4, -0.2) is 18.0 Å². The molecule has 1 aromatic rings. The lowest BCUT2D eigenvalue weighted by atomic mass is 10.0. The summed E-state index contributed by atoms with van der Waals surface area (Å²) in [5, 5.41) is 2.92. The minimum absolute atomic E-state index is 0.199. The van der Waals surface area contributed by atoms with E-state index in [-0.39, 0.29) is 5.78 Å². The largest absolute Gasteiger partial charge is 0.431 e. The number of ether oxygens (including phenoxy) is 1. The third-order valence-electron chi connectivity index (χ3n) is 3.15. The maximum absolute atomic E-state index is 11.9. The van der Waals surface area contributed by atoms with E-state index in [0.717, 1.165) is 12.1 Å². The van der Waals surface area contributed by atoms with Crippen LogP contribution in [0.3, 0.4) is 0 Å². The summed E-state index contributed by atoms with van der Waals surface area (Å²) in [5.74, 6) is -0.595. The molecule has 1 heterocycles. The number of nitrogens with one attached hydrogen (secondary N) is 1. The summed E-state index contributed by atoms with van der Waals surface area (Å²) in [5.41, 5.74) is 2.51. The van der Waals surface area contributed by atoms with Crippen LogP contribution in [0.15, 0.2) is 41.6 Å². The van der Waals surface area contributed by atoms with Gasteiger partial charge in [0.15, 0.2) is 5.78 Å². The highest BCUT2D eigenvalue weighted by Crippen LogP contribution is 2.18. The number of carbonyl (C=O) groups excluding carboxylic acids is 2. The molecule has 0 saturated heterocycles. The average Bonchev–Trinajstić information content (AvgIpc) is 2.38. The number of carbonyl (C=O) groups is 2. The van der Waals surface area contributed by atoms with Crippen molar-refractivity contribution >= 4 is 11.8 Å². The zero-order chi connectivity index (χ0) is 13.8. The van der Waals surface area contributed by atoms with Crippen LogP contribution in [0.5, 0.6) is 0 Å². The number of benzene rings is 1. The van der Waals surface area contributed by atoms with Crippen molar-refractivity contribution in [3.8, 4) is 0 Å². The first kappa shape index (κ1) is 13.3. The van der Waals surface area contributed by atoms with E-state index in [1.165, 1.54) is 12.5 Å². The van der Waals surface area contributed by atoms with E-state index in [0.29, 0.717) is 12.0 Å². The van der Waals surface area contributed by atoms with Gasteiger partial charge >= 0.3 is 5.97 Å². The molecule has 0 saturated carbocycles. The Hall–Kier alpha value is -2.10. The van der Waals surface area contributed by atoms with E-state index in [2.05, 4.69) is 5.32 Å². The first-order valence-electron chi connectivity index (χ1n) is 6.29. The van der Waals surface area contributed by atoms with Gasteiger partial charge in [-0.15, -0.1) is 0 Å². The summed E-state index contributed by atoms with van der Waals surface area (Å²) in [6, 6.07) is 9.95. The molecular formula is C15H17NO3. The number of allylic oxidation sites excluding steroid dienone is 1. The first-order valence-corrected chi connectivity index (χ1v) is 6.29. The Morgan fingerprint density at radius 3 is 2.53 bits per heavy atom. The third-order valence-corrected chi connectivity index (χ3v) is 3.15. The second-order valence-electron chi connectivity index (χ2n) is 4.63. The molecule has 0 aliphatic carbocycles. The summed E-state index contributed by atoms with van der Waals surface area (Å²) in [7, 11) is 0. The summed E-state index contributed by atoms with van der Waals surface area (Å²) >= 11 is 0. The summed E-state index contributed by atoms with van der Waals surface area (Å²) in [6.45, 7) is 3.20. The van der Waals surface area contributed by atoms with Crippen molar-refractivity contribution < 1.29 is 14.3 Å². The van der Waals surface area contributed by atoms with E-state index in [1.807, 2.05) is 30.3 Å². The molecule has 1 atom stereocenters. The summed E-state index contributed by atoms with van der Waals surface area (Å²) in [6.07, 6.45) is 0.536. The lowest BCUT2D eigenvalue weighted by Gasteiger charge is -2.25. The molecule has 100 valence electrons. The Bertz CT molecular complexity index is 519. The number of esters is 1. The normalized spacial score (nSPS) is 18.8. The molecule has 4 nitrogen and oxygen atoms in total. The van der Waals surface area contributed by atoms with Gasteiger partial charge in [0.05, 0.1) is 5.57 Å². The standard InChI is InChI=1S/C15H17NO3/c1-10-13(9-8-12-6-4-3-5-7-12)15(18)19-14(16-10)11(2)17/h3-7,14,16H,8-9H2,1-2H3. The van der Waals surface area contributed by atoms with Gasteiger partial charge in [0, 0.05) is 12.6 Å². The predicted octanol–water partition coefficient (Wildman–Crippen LogP) is 1.95. The lowest BCUT2D eigenvalue weighted by Crippen LogP contribution is -2.43. The van der Waals surface area contributed by atoms with E-state index in [4.69, 9.17) is 4.74 Å². The van der Waals surface area contributed by atoms with Gasteiger partial charge in [-0.05, 0) is 25.3 Å². The minimum atomic E-state index is -0.840. The lowest BCUT2D eigenvalue weighted by molar-refractivity contribution is -0.154. The second kappa shape index (κ2) is 5.69. The van der Waals surface area contributed by atoms with Crippen molar-refractivity contribution in [2.24, 2.45) is 0 Å². The molecule has 19 heavy (non-hydrogen) atoms. The highest BCUT2D eigenvalue weighted by Gasteiger charge is 2.28. The Kier molecular flexibility index (Phi) is 4.00. The van der Waals surface area contributed by atoms with E-state index < -0.39 is 12.2 Å². The van der Waals surface area contributed by atoms with E-state index >= 15 is 0 Å².